The summed E-state index contributed by atoms with van der Waals surface area (Å²) < 4.78 is 1.49. The predicted molar refractivity (Wildman–Crippen MR) is 57.0 cm³/mol. The normalized spacial score (nSPS) is 12.1. The molecule has 88 valence electrons. The highest BCUT2D eigenvalue weighted by atomic mass is 16.4. The molecule has 0 aliphatic carbocycles. The molecule has 2 N–H and O–H groups in total. The quantitative estimate of drug-likeness (QED) is 0.759. The number of amides is 1. The van der Waals surface area contributed by atoms with Crippen LogP contribution in [0.4, 0.5) is 0 Å². The van der Waals surface area contributed by atoms with E-state index in [1.54, 1.807) is 13.2 Å². The van der Waals surface area contributed by atoms with Crippen LogP contribution >= 0.6 is 0 Å². The van der Waals surface area contributed by atoms with Gasteiger partial charge in [0.05, 0.1) is 11.8 Å². The molecular weight excluding hydrogens is 210 g/mol. The first kappa shape index (κ1) is 12.2. The van der Waals surface area contributed by atoms with E-state index in [1.165, 1.54) is 10.9 Å². The zero-order valence-corrected chi connectivity index (χ0v) is 9.30. The molecule has 0 aliphatic rings. The SMILES string of the molecule is CCCC(NC(=O)c1cnn(C)c1)C(=O)O. The van der Waals surface area contributed by atoms with Crippen LogP contribution in [0.2, 0.25) is 0 Å². The lowest BCUT2D eigenvalue weighted by Crippen LogP contribution is -2.40. The summed E-state index contributed by atoms with van der Waals surface area (Å²) >= 11 is 0. The zero-order valence-electron chi connectivity index (χ0n) is 9.30. The molecule has 6 nitrogen and oxygen atoms in total. The van der Waals surface area contributed by atoms with Gasteiger partial charge in [-0.25, -0.2) is 4.79 Å². The molecule has 0 radical (unpaired) electrons. The Morgan fingerprint density at radius 1 is 1.62 bits per heavy atom. The van der Waals surface area contributed by atoms with Crippen LogP contribution in [0.25, 0.3) is 0 Å². The lowest BCUT2D eigenvalue weighted by atomic mass is 10.1. The number of carbonyl (C=O) groups excluding carboxylic acids is 1. The van der Waals surface area contributed by atoms with Gasteiger partial charge in [-0.3, -0.25) is 9.48 Å². The summed E-state index contributed by atoms with van der Waals surface area (Å²) in [6.07, 6.45) is 4.06. The van der Waals surface area contributed by atoms with Gasteiger partial charge in [0.25, 0.3) is 5.91 Å². The molecule has 1 aromatic heterocycles. The molecule has 0 spiro atoms. The minimum absolute atomic E-state index is 0.366. The maximum absolute atomic E-state index is 11.6. The molecule has 6 heteroatoms. The van der Waals surface area contributed by atoms with E-state index in [0.29, 0.717) is 18.4 Å². The minimum Gasteiger partial charge on any atom is -0.480 e. The standard InChI is InChI=1S/C10H15N3O3/c1-3-4-8(10(15)16)12-9(14)7-5-11-13(2)6-7/h5-6,8H,3-4H2,1-2H3,(H,12,14)(H,15,16). The highest BCUT2D eigenvalue weighted by Crippen LogP contribution is 2.01. The van der Waals surface area contributed by atoms with Crippen molar-refractivity contribution in [3.63, 3.8) is 0 Å². The van der Waals surface area contributed by atoms with E-state index in [0.717, 1.165) is 0 Å². The molecule has 1 aromatic rings. The van der Waals surface area contributed by atoms with Crippen LogP contribution in [0.5, 0.6) is 0 Å². The fourth-order valence-corrected chi connectivity index (χ4v) is 1.33. The number of aromatic nitrogens is 2. The third-order valence-corrected chi connectivity index (χ3v) is 2.15. The van der Waals surface area contributed by atoms with E-state index in [-0.39, 0.29) is 0 Å². The number of aryl methyl sites for hydroxylation is 1. The maximum Gasteiger partial charge on any atom is 0.326 e. The first-order valence-electron chi connectivity index (χ1n) is 5.07. The van der Waals surface area contributed by atoms with Crippen LogP contribution in [-0.4, -0.2) is 32.8 Å². The highest BCUT2D eigenvalue weighted by Gasteiger charge is 2.19. The Kier molecular flexibility index (Phi) is 4.04. The van der Waals surface area contributed by atoms with Crippen LogP contribution in [-0.2, 0) is 11.8 Å². The minimum atomic E-state index is -1.01. The molecule has 16 heavy (non-hydrogen) atoms. The summed E-state index contributed by atoms with van der Waals surface area (Å²) in [5.74, 6) is -1.42. The van der Waals surface area contributed by atoms with E-state index in [2.05, 4.69) is 10.4 Å². The monoisotopic (exact) mass is 225 g/mol. The van der Waals surface area contributed by atoms with Gasteiger partial charge in [0.1, 0.15) is 6.04 Å². The van der Waals surface area contributed by atoms with Gasteiger partial charge in [-0.2, -0.15) is 5.10 Å². The number of aliphatic carboxylic acids is 1. The Hall–Kier alpha value is -1.85. The molecule has 1 atom stereocenters. The summed E-state index contributed by atoms with van der Waals surface area (Å²) in [6, 6.07) is -0.835. The molecule has 1 unspecified atom stereocenters. The van der Waals surface area contributed by atoms with Gasteiger partial charge in [-0.05, 0) is 6.42 Å². The van der Waals surface area contributed by atoms with Crippen LogP contribution in [0.1, 0.15) is 30.1 Å². The van der Waals surface area contributed by atoms with Crippen LogP contribution in [0.15, 0.2) is 12.4 Å². The van der Waals surface area contributed by atoms with Crippen molar-refractivity contribution in [2.24, 2.45) is 7.05 Å². The fraction of sp³-hybridized carbons (Fsp3) is 0.500. The molecule has 0 saturated carbocycles. The summed E-state index contributed by atoms with van der Waals surface area (Å²) in [4.78, 5) is 22.4. The third-order valence-electron chi connectivity index (χ3n) is 2.15. The van der Waals surface area contributed by atoms with E-state index in [1.807, 2.05) is 6.92 Å². The summed E-state index contributed by atoms with van der Waals surface area (Å²) in [7, 11) is 1.69. The van der Waals surface area contributed by atoms with Crippen LogP contribution in [0, 0.1) is 0 Å². The van der Waals surface area contributed by atoms with Crippen molar-refractivity contribution in [3.8, 4) is 0 Å². The average molecular weight is 225 g/mol. The van der Waals surface area contributed by atoms with Crippen molar-refractivity contribution in [2.75, 3.05) is 0 Å². The second-order valence-corrected chi connectivity index (χ2v) is 3.56. The molecule has 0 aliphatic heterocycles. The van der Waals surface area contributed by atoms with Crippen molar-refractivity contribution < 1.29 is 14.7 Å². The Morgan fingerprint density at radius 3 is 2.75 bits per heavy atom. The summed E-state index contributed by atoms with van der Waals surface area (Å²) in [5, 5.41) is 15.2. The van der Waals surface area contributed by atoms with E-state index in [9.17, 15) is 9.59 Å². The van der Waals surface area contributed by atoms with Gasteiger partial charge in [-0.15, -0.1) is 0 Å². The Balaban J connectivity index is 2.65. The van der Waals surface area contributed by atoms with Gasteiger partial charge in [0.2, 0.25) is 0 Å². The van der Waals surface area contributed by atoms with E-state index in [4.69, 9.17) is 5.11 Å². The highest BCUT2D eigenvalue weighted by molar-refractivity contribution is 5.96. The molecule has 0 aromatic carbocycles. The first-order chi connectivity index (χ1) is 7.54. The second kappa shape index (κ2) is 5.29. The number of nitrogens with zero attached hydrogens (tertiary/aromatic N) is 2. The van der Waals surface area contributed by atoms with Gasteiger partial charge >= 0.3 is 5.97 Å². The topological polar surface area (TPSA) is 84.2 Å². The number of rotatable bonds is 5. The Bertz CT molecular complexity index is 386. The molecule has 0 bridgehead atoms. The van der Waals surface area contributed by atoms with Crippen LogP contribution < -0.4 is 5.32 Å². The van der Waals surface area contributed by atoms with Gasteiger partial charge in [-0.1, -0.05) is 13.3 Å². The van der Waals surface area contributed by atoms with Gasteiger partial charge in [0.15, 0.2) is 0 Å². The Labute approximate surface area is 93.3 Å². The predicted octanol–water partition coefficient (Wildman–Crippen LogP) is 0.403. The maximum atomic E-state index is 11.6. The molecule has 0 saturated heterocycles. The Morgan fingerprint density at radius 2 is 2.31 bits per heavy atom. The number of carboxylic acid groups (broad SMARTS) is 1. The molecule has 0 fully saturated rings. The van der Waals surface area contributed by atoms with Crippen molar-refractivity contribution in [1.82, 2.24) is 15.1 Å². The lowest BCUT2D eigenvalue weighted by Gasteiger charge is -2.12. The third kappa shape index (κ3) is 3.08. The fourth-order valence-electron chi connectivity index (χ4n) is 1.33. The van der Waals surface area contributed by atoms with Crippen molar-refractivity contribution >= 4 is 11.9 Å². The largest absolute Gasteiger partial charge is 0.480 e. The van der Waals surface area contributed by atoms with Crippen molar-refractivity contribution in [2.45, 2.75) is 25.8 Å². The molecule has 1 heterocycles. The van der Waals surface area contributed by atoms with E-state index >= 15 is 0 Å². The molecule has 1 rings (SSSR count). The summed E-state index contributed by atoms with van der Waals surface area (Å²) in [5.41, 5.74) is 0.366. The average Bonchev–Trinajstić information content (AvgIpc) is 2.64. The smallest absolute Gasteiger partial charge is 0.326 e. The number of hydrogen-bond acceptors (Lipinski definition) is 3. The zero-order chi connectivity index (χ0) is 12.1. The van der Waals surface area contributed by atoms with Crippen molar-refractivity contribution in [3.05, 3.63) is 18.0 Å². The number of carbonyl (C=O) groups is 2. The van der Waals surface area contributed by atoms with E-state index < -0.39 is 17.9 Å². The first-order valence-corrected chi connectivity index (χ1v) is 5.07. The second-order valence-electron chi connectivity index (χ2n) is 3.56. The number of carboxylic acids is 1. The molecule has 1 amide bonds. The summed E-state index contributed by atoms with van der Waals surface area (Å²) in [6.45, 7) is 1.87. The molecular formula is C10H15N3O3. The van der Waals surface area contributed by atoms with Crippen molar-refractivity contribution in [1.29, 1.82) is 0 Å². The van der Waals surface area contributed by atoms with Gasteiger partial charge < -0.3 is 10.4 Å². The lowest BCUT2D eigenvalue weighted by molar-refractivity contribution is -0.139. The number of hydrogen-bond donors (Lipinski definition) is 2. The van der Waals surface area contributed by atoms with Gasteiger partial charge in [0, 0.05) is 13.2 Å². The number of nitrogens with one attached hydrogen (secondary N) is 1. The van der Waals surface area contributed by atoms with Crippen LogP contribution in [0.3, 0.4) is 0 Å².